The molecule has 0 radical (unpaired) electrons. The Bertz CT molecular complexity index is 228. The Kier molecular flexibility index (Phi) is 4.56. The van der Waals surface area contributed by atoms with Crippen LogP contribution in [0.25, 0.3) is 0 Å². The van der Waals surface area contributed by atoms with Crippen LogP contribution in [0.4, 0.5) is 0 Å². The van der Waals surface area contributed by atoms with Crippen molar-refractivity contribution in [2.45, 2.75) is 39.2 Å². The predicted octanol–water partition coefficient (Wildman–Crippen LogP) is 1.94. The van der Waals surface area contributed by atoms with Gasteiger partial charge in [-0.05, 0) is 24.2 Å². The zero-order chi connectivity index (χ0) is 11.3. The summed E-state index contributed by atoms with van der Waals surface area (Å²) in [5.74, 6) is 0.572. The molecule has 0 amide bonds. The van der Waals surface area contributed by atoms with E-state index in [9.17, 15) is 0 Å². The Hall–Kier alpha value is -0.590. The van der Waals surface area contributed by atoms with E-state index in [0.29, 0.717) is 18.4 Å². The molecule has 0 aromatic heterocycles. The Morgan fingerprint density at radius 3 is 2.53 bits per heavy atom. The highest BCUT2D eigenvalue weighted by Crippen LogP contribution is 2.47. The van der Waals surface area contributed by atoms with Crippen LogP contribution in [-0.2, 0) is 4.74 Å². The number of hydrogen-bond donors (Lipinski definition) is 1. The number of nitrogens with zero attached hydrogens (tertiary/aromatic N) is 1. The summed E-state index contributed by atoms with van der Waals surface area (Å²) in [6.45, 7) is 6.11. The lowest BCUT2D eigenvalue weighted by Gasteiger charge is -2.24. The maximum atomic E-state index is 8.72. The highest BCUT2D eigenvalue weighted by molar-refractivity contribution is 5.01. The second-order valence-electron chi connectivity index (χ2n) is 5.02. The van der Waals surface area contributed by atoms with Gasteiger partial charge in [-0.25, -0.2) is 0 Å². The first kappa shape index (κ1) is 12.5. The summed E-state index contributed by atoms with van der Waals surface area (Å²) >= 11 is 0. The molecule has 1 N–H and O–H groups in total. The van der Waals surface area contributed by atoms with Crippen molar-refractivity contribution in [1.29, 1.82) is 5.26 Å². The molecular weight excluding hydrogens is 188 g/mol. The molecule has 86 valence electrons. The third-order valence-electron chi connectivity index (χ3n) is 3.30. The molecule has 0 aromatic carbocycles. The first-order chi connectivity index (χ1) is 7.13. The van der Waals surface area contributed by atoms with Crippen molar-refractivity contribution in [2.24, 2.45) is 11.3 Å². The first-order valence-corrected chi connectivity index (χ1v) is 5.73. The van der Waals surface area contributed by atoms with Crippen molar-refractivity contribution in [1.82, 2.24) is 5.32 Å². The van der Waals surface area contributed by atoms with E-state index in [2.05, 4.69) is 25.2 Å². The molecule has 3 nitrogen and oxygen atoms in total. The van der Waals surface area contributed by atoms with E-state index in [-0.39, 0.29) is 5.41 Å². The van der Waals surface area contributed by atoms with E-state index in [1.54, 1.807) is 7.11 Å². The summed E-state index contributed by atoms with van der Waals surface area (Å²) in [6.07, 6.45) is 3.09. The van der Waals surface area contributed by atoms with E-state index in [0.717, 1.165) is 13.2 Å². The van der Waals surface area contributed by atoms with Crippen LogP contribution in [-0.4, -0.2) is 26.3 Å². The fraction of sp³-hybridized carbons (Fsp3) is 0.917. The molecule has 1 fully saturated rings. The van der Waals surface area contributed by atoms with Gasteiger partial charge in [0.05, 0.1) is 12.7 Å². The lowest BCUT2D eigenvalue weighted by molar-refractivity contribution is 0.143. The van der Waals surface area contributed by atoms with Gasteiger partial charge in [0.2, 0.25) is 0 Å². The van der Waals surface area contributed by atoms with Crippen molar-refractivity contribution < 1.29 is 4.74 Å². The molecule has 0 saturated heterocycles. The molecule has 1 aliphatic carbocycles. The number of methoxy groups -OCH3 is 1. The third kappa shape index (κ3) is 3.81. The minimum atomic E-state index is 0.287. The van der Waals surface area contributed by atoms with Crippen LogP contribution in [0.15, 0.2) is 0 Å². The quantitative estimate of drug-likeness (QED) is 0.698. The van der Waals surface area contributed by atoms with Crippen molar-refractivity contribution in [3.8, 4) is 6.07 Å². The van der Waals surface area contributed by atoms with Crippen LogP contribution in [0.5, 0.6) is 0 Å². The molecule has 0 heterocycles. The van der Waals surface area contributed by atoms with Crippen LogP contribution in [0.2, 0.25) is 0 Å². The lowest BCUT2D eigenvalue weighted by Crippen LogP contribution is -2.40. The smallest absolute Gasteiger partial charge is 0.0628 e. The fourth-order valence-corrected chi connectivity index (χ4v) is 1.77. The van der Waals surface area contributed by atoms with E-state index in [1.807, 2.05) is 0 Å². The average molecular weight is 210 g/mol. The van der Waals surface area contributed by atoms with Gasteiger partial charge in [0, 0.05) is 26.1 Å². The number of hydrogen-bond acceptors (Lipinski definition) is 3. The Morgan fingerprint density at radius 2 is 2.13 bits per heavy atom. The lowest BCUT2D eigenvalue weighted by atomic mass is 10.0. The Balaban J connectivity index is 2.30. The summed E-state index contributed by atoms with van der Waals surface area (Å²) < 4.78 is 5.18. The molecule has 0 spiro atoms. The minimum absolute atomic E-state index is 0.287. The van der Waals surface area contributed by atoms with Gasteiger partial charge < -0.3 is 10.1 Å². The van der Waals surface area contributed by atoms with Crippen LogP contribution in [0.1, 0.15) is 33.1 Å². The Labute approximate surface area is 92.8 Å². The molecule has 1 rings (SSSR count). The summed E-state index contributed by atoms with van der Waals surface area (Å²) in [6, 6.07) is 2.69. The van der Waals surface area contributed by atoms with Crippen LogP contribution < -0.4 is 5.32 Å². The standard InChI is InChI=1S/C12H22N2O/c1-10(2)11(8-15-3)14-9-12(4-5-12)6-7-13/h10-11,14H,4-6,8-9H2,1-3H3. The van der Waals surface area contributed by atoms with Crippen molar-refractivity contribution in [3.63, 3.8) is 0 Å². The normalized spacial score (nSPS) is 19.9. The Morgan fingerprint density at radius 1 is 1.47 bits per heavy atom. The van der Waals surface area contributed by atoms with Gasteiger partial charge in [0.15, 0.2) is 0 Å². The van der Waals surface area contributed by atoms with Gasteiger partial charge in [-0.15, -0.1) is 0 Å². The zero-order valence-electron chi connectivity index (χ0n) is 10.0. The van der Waals surface area contributed by atoms with Crippen molar-refractivity contribution in [3.05, 3.63) is 0 Å². The molecule has 1 atom stereocenters. The van der Waals surface area contributed by atoms with E-state index >= 15 is 0 Å². The van der Waals surface area contributed by atoms with Gasteiger partial charge in [-0.3, -0.25) is 0 Å². The molecule has 3 heteroatoms. The van der Waals surface area contributed by atoms with Gasteiger partial charge >= 0.3 is 0 Å². The predicted molar refractivity (Wildman–Crippen MR) is 60.4 cm³/mol. The molecule has 1 unspecified atom stereocenters. The number of rotatable bonds is 7. The topological polar surface area (TPSA) is 45.0 Å². The number of nitrogens with one attached hydrogen (secondary N) is 1. The minimum Gasteiger partial charge on any atom is -0.383 e. The maximum absolute atomic E-state index is 8.72. The third-order valence-corrected chi connectivity index (χ3v) is 3.30. The molecular formula is C12H22N2O. The summed E-state index contributed by atoms with van der Waals surface area (Å²) in [7, 11) is 1.74. The van der Waals surface area contributed by atoms with Gasteiger partial charge in [-0.2, -0.15) is 5.26 Å². The zero-order valence-corrected chi connectivity index (χ0v) is 10.0. The number of ether oxygens (including phenoxy) is 1. The van der Waals surface area contributed by atoms with Crippen LogP contribution in [0, 0.1) is 22.7 Å². The van der Waals surface area contributed by atoms with Gasteiger partial charge in [-0.1, -0.05) is 13.8 Å². The molecule has 1 aliphatic rings. The van der Waals surface area contributed by atoms with E-state index < -0.39 is 0 Å². The van der Waals surface area contributed by atoms with Crippen LogP contribution >= 0.6 is 0 Å². The molecule has 1 saturated carbocycles. The summed E-state index contributed by atoms with van der Waals surface area (Å²) in [5.41, 5.74) is 0.287. The SMILES string of the molecule is COCC(NCC1(CC#N)CC1)C(C)C. The van der Waals surface area contributed by atoms with E-state index in [4.69, 9.17) is 10.00 Å². The highest BCUT2D eigenvalue weighted by Gasteiger charge is 2.42. The second kappa shape index (κ2) is 5.48. The fourth-order valence-electron chi connectivity index (χ4n) is 1.77. The maximum Gasteiger partial charge on any atom is 0.0628 e. The molecule has 15 heavy (non-hydrogen) atoms. The summed E-state index contributed by atoms with van der Waals surface area (Å²) in [5, 5.41) is 12.2. The molecule has 0 bridgehead atoms. The molecule has 0 aromatic rings. The number of nitriles is 1. The van der Waals surface area contributed by atoms with E-state index in [1.165, 1.54) is 12.8 Å². The van der Waals surface area contributed by atoms with Crippen molar-refractivity contribution in [2.75, 3.05) is 20.3 Å². The highest BCUT2D eigenvalue weighted by atomic mass is 16.5. The molecule has 0 aliphatic heterocycles. The average Bonchev–Trinajstić information content (AvgIpc) is 2.93. The second-order valence-corrected chi connectivity index (χ2v) is 5.02. The monoisotopic (exact) mass is 210 g/mol. The van der Waals surface area contributed by atoms with Crippen molar-refractivity contribution >= 4 is 0 Å². The summed E-state index contributed by atoms with van der Waals surface area (Å²) in [4.78, 5) is 0. The van der Waals surface area contributed by atoms with Gasteiger partial charge in [0.25, 0.3) is 0 Å². The largest absolute Gasteiger partial charge is 0.383 e. The van der Waals surface area contributed by atoms with Crippen LogP contribution in [0.3, 0.4) is 0 Å². The van der Waals surface area contributed by atoms with Gasteiger partial charge in [0.1, 0.15) is 0 Å². The first-order valence-electron chi connectivity index (χ1n) is 5.73.